The molecule has 0 radical (unpaired) electrons. The Kier molecular flexibility index (Phi) is 4.68. The molecule has 24 heavy (non-hydrogen) atoms. The molecule has 3 rings (SSSR count). The molecule has 0 unspecified atom stereocenters. The van der Waals surface area contributed by atoms with Gasteiger partial charge in [-0.05, 0) is 36.8 Å². The van der Waals surface area contributed by atoms with E-state index in [0.717, 1.165) is 16.8 Å². The lowest BCUT2D eigenvalue weighted by molar-refractivity contribution is 0.102. The molecule has 0 spiro atoms. The first-order valence-corrected chi connectivity index (χ1v) is 7.71. The number of aromatic nitrogens is 1. The van der Waals surface area contributed by atoms with E-state index in [1.54, 1.807) is 30.3 Å². The molecular weight excluding hydrogens is 300 g/mol. The summed E-state index contributed by atoms with van der Waals surface area (Å²) in [5.41, 5.74) is 4.46. The second kappa shape index (κ2) is 7.06. The maximum Gasteiger partial charge on any atom is 0.257 e. The van der Waals surface area contributed by atoms with Crippen LogP contribution in [-0.4, -0.2) is 16.0 Å². The minimum atomic E-state index is -0.213. The third-order valence-corrected chi connectivity index (χ3v) is 3.77. The van der Waals surface area contributed by atoms with E-state index in [1.807, 2.05) is 43.3 Å². The van der Waals surface area contributed by atoms with Crippen molar-refractivity contribution < 1.29 is 9.90 Å². The van der Waals surface area contributed by atoms with Gasteiger partial charge in [-0.2, -0.15) is 0 Å². The van der Waals surface area contributed by atoms with Gasteiger partial charge in [-0.15, -0.1) is 0 Å². The minimum absolute atomic E-state index is 0.0595. The van der Waals surface area contributed by atoms with E-state index in [2.05, 4.69) is 10.3 Å². The van der Waals surface area contributed by atoms with Crippen LogP contribution in [0.5, 0.6) is 0 Å². The van der Waals surface area contributed by atoms with Crippen molar-refractivity contribution in [1.29, 1.82) is 0 Å². The number of nitrogens with zero attached hydrogens (tertiary/aromatic N) is 1. The summed E-state index contributed by atoms with van der Waals surface area (Å²) in [4.78, 5) is 17.0. The van der Waals surface area contributed by atoms with Crippen LogP contribution in [0.4, 0.5) is 5.69 Å². The summed E-state index contributed by atoms with van der Waals surface area (Å²) in [6, 6.07) is 20.6. The van der Waals surface area contributed by atoms with Crippen LogP contribution in [-0.2, 0) is 6.61 Å². The molecule has 4 heteroatoms. The van der Waals surface area contributed by atoms with Crippen molar-refractivity contribution in [1.82, 2.24) is 4.98 Å². The molecule has 2 aromatic carbocycles. The molecular formula is C20H18N2O2. The monoisotopic (exact) mass is 318 g/mol. The smallest absolute Gasteiger partial charge is 0.257 e. The van der Waals surface area contributed by atoms with E-state index in [1.165, 1.54) is 0 Å². The molecule has 1 amide bonds. The van der Waals surface area contributed by atoms with E-state index in [4.69, 9.17) is 0 Å². The number of nitrogens with one attached hydrogen (secondary N) is 1. The highest BCUT2D eigenvalue weighted by molar-refractivity contribution is 6.05. The molecule has 120 valence electrons. The first-order valence-electron chi connectivity index (χ1n) is 7.71. The molecule has 2 N–H and O–H groups in total. The van der Waals surface area contributed by atoms with Crippen LogP contribution in [0.15, 0.2) is 66.7 Å². The lowest BCUT2D eigenvalue weighted by Crippen LogP contribution is -2.14. The molecule has 0 saturated carbocycles. The number of anilines is 1. The van der Waals surface area contributed by atoms with E-state index in [0.29, 0.717) is 16.9 Å². The molecule has 4 nitrogen and oxygen atoms in total. The van der Waals surface area contributed by atoms with Crippen LogP contribution in [0.25, 0.3) is 11.3 Å². The van der Waals surface area contributed by atoms with Crippen molar-refractivity contribution in [3.63, 3.8) is 0 Å². The number of amides is 1. The molecule has 3 aromatic rings. The van der Waals surface area contributed by atoms with Crippen molar-refractivity contribution in [3.8, 4) is 11.3 Å². The SMILES string of the molecule is Cc1nc(-c2ccccc2)ccc1C(=O)Nc1cccc(CO)c1. The average Bonchev–Trinajstić information content (AvgIpc) is 2.62. The number of carbonyl (C=O) groups is 1. The van der Waals surface area contributed by atoms with Gasteiger partial charge in [0.05, 0.1) is 23.6 Å². The number of aliphatic hydroxyl groups excluding tert-OH is 1. The maximum atomic E-state index is 12.5. The Labute approximate surface area is 140 Å². The third kappa shape index (κ3) is 3.50. The van der Waals surface area contributed by atoms with Crippen molar-refractivity contribution in [3.05, 3.63) is 83.6 Å². The highest BCUT2D eigenvalue weighted by Crippen LogP contribution is 2.19. The van der Waals surface area contributed by atoms with Crippen LogP contribution in [0.3, 0.4) is 0 Å². The van der Waals surface area contributed by atoms with Gasteiger partial charge < -0.3 is 10.4 Å². The fourth-order valence-electron chi connectivity index (χ4n) is 2.52. The van der Waals surface area contributed by atoms with Gasteiger partial charge in [0, 0.05) is 11.3 Å². The van der Waals surface area contributed by atoms with Crippen LogP contribution in [0.1, 0.15) is 21.6 Å². The van der Waals surface area contributed by atoms with Crippen molar-refractivity contribution in [2.24, 2.45) is 0 Å². The molecule has 0 fully saturated rings. The summed E-state index contributed by atoms with van der Waals surface area (Å²) in [5.74, 6) is -0.213. The highest BCUT2D eigenvalue weighted by atomic mass is 16.3. The van der Waals surface area contributed by atoms with Crippen molar-refractivity contribution in [2.75, 3.05) is 5.32 Å². The van der Waals surface area contributed by atoms with Crippen molar-refractivity contribution in [2.45, 2.75) is 13.5 Å². The summed E-state index contributed by atoms with van der Waals surface area (Å²) < 4.78 is 0. The molecule has 0 bridgehead atoms. The van der Waals surface area contributed by atoms with E-state index in [-0.39, 0.29) is 12.5 Å². The number of pyridine rings is 1. The Hall–Kier alpha value is -2.98. The lowest BCUT2D eigenvalue weighted by Gasteiger charge is -2.10. The Morgan fingerprint density at radius 2 is 1.83 bits per heavy atom. The topological polar surface area (TPSA) is 62.2 Å². The molecule has 0 saturated heterocycles. The molecule has 1 heterocycles. The summed E-state index contributed by atoms with van der Waals surface area (Å²) in [6.45, 7) is 1.77. The number of hydrogen-bond acceptors (Lipinski definition) is 3. The predicted molar refractivity (Wildman–Crippen MR) is 94.7 cm³/mol. The van der Waals surface area contributed by atoms with Crippen LogP contribution < -0.4 is 5.32 Å². The number of aryl methyl sites for hydroxylation is 1. The van der Waals surface area contributed by atoms with Crippen LogP contribution in [0.2, 0.25) is 0 Å². The fraction of sp³-hybridized carbons (Fsp3) is 0.100. The predicted octanol–water partition coefficient (Wildman–Crippen LogP) is 3.80. The molecule has 0 aliphatic rings. The van der Waals surface area contributed by atoms with Gasteiger partial charge in [0.2, 0.25) is 0 Å². The van der Waals surface area contributed by atoms with Gasteiger partial charge in [-0.25, -0.2) is 0 Å². The zero-order chi connectivity index (χ0) is 16.9. The number of hydrogen-bond donors (Lipinski definition) is 2. The van der Waals surface area contributed by atoms with Crippen molar-refractivity contribution >= 4 is 11.6 Å². The summed E-state index contributed by atoms with van der Waals surface area (Å²) in [7, 11) is 0. The first kappa shape index (κ1) is 15.9. The lowest BCUT2D eigenvalue weighted by atomic mass is 10.1. The van der Waals surface area contributed by atoms with E-state index >= 15 is 0 Å². The summed E-state index contributed by atoms with van der Waals surface area (Å²) in [6.07, 6.45) is 0. The van der Waals surface area contributed by atoms with Crippen LogP contribution >= 0.6 is 0 Å². The average molecular weight is 318 g/mol. The van der Waals surface area contributed by atoms with Gasteiger partial charge in [-0.3, -0.25) is 9.78 Å². The number of carbonyl (C=O) groups excluding carboxylic acids is 1. The second-order valence-electron chi connectivity index (χ2n) is 5.51. The molecule has 0 atom stereocenters. The van der Waals surface area contributed by atoms with E-state index in [9.17, 15) is 9.90 Å². The maximum absolute atomic E-state index is 12.5. The summed E-state index contributed by atoms with van der Waals surface area (Å²) in [5, 5.41) is 12.0. The largest absolute Gasteiger partial charge is 0.392 e. The van der Waals surface area contributed by atoms with Gasteiger partial charge in [-0.1, -0.05) is 42.5 Å². The molecule has 0 aliphatic heterocycles. The quantitative estimate of drug-likeness (QED) is 0.769. The number of aliphatic hydroxyl groups is 1. The zero-order valence-electron chi connectivity index (χ0n) is 13.4. The number of rotatable bonds is 4. The minimum Gasteiger partial charge on any atom is -0.392 e. The third-order valence-electron chi connectivity index (χ3n) is 3.77. The first-order chi connectivity index (χ1) is 11.7. The van der Waals surface area contributed by atoms with Gasteiger partial charge in [0.1, 0.15) is 0 Å². The normalized spacial score (nSPS) is 10.4. The Balaban J connectivity index is 1.82. The molecule has 1 aromatic heterocycles. The van der Waals surface area contributed by atoms with Gasteiger partial charge >= 0.3 is 0 Å². The van der Waals surface area contributed by atoms with Gasteiger partial charge in [0.25, 0.3) is 5.91 Å². The Morgan fingerprint density at radius 1 is 1.04 bits per heavy atom. The number of benzene rings is 2. The standard InChI is InChI=1S/C20H18N2O2/c1-14-18(10-11-19(21-14)16-7-3-2-4-8-16)20(24)22-17-9-5-6-15(12-17)13-23/h2-12,23H,13H2,1H3,(H,22,24). The molecule has 0 aliphatic carbocycles. The Bertz CT molecular complexity index is 861. The zero-order valence-corrected chi connectivity index (χ0v) is 13.4. The fourth-order valence-corrected chi connectivity index (χ4v) is 2.52. The summed E-state index contributed by atoms with van der Waals surface area (Å²) >= 11 is 0. The van der Waals surface area contributed by atoms with E-state index < -0.39 is 0 Å². The van der Waals surface area contributed by atoms with Gasteiger partial charge in [0.15, 0.2) is 0 Å². The highest BCUT2D eigenvalue weighted by Gasteiger charge is 2.12. The van der Waals surface area contributed by atoms with Crippen LogP contribution in [0, 0.1) is 6.92 Å². The Morgan fingerprint density at radius 3 is 2.54 bits per heavy atom. The second-order valence-corrected chi connectivity index (χ2v) is 5.51.